The summed E-state index contributed by atoms with van der Waals surface area (Å²) in [6.45, 7) is 8.06. The molecule has 1 aliphatic heterocycles. The van der Waals surface area contributed by atoms with E-state index in [1.165, 1.54) is 22.7 Å². The van der Waals surface area contributed by atoms with Crippen molar-refractivity contribution in [3.8, 4) is 0 Å². The first-order valence-electron chi connectivity index (χ1n) is 9.11. The van der Waals surface area contributed by atoms with Crippen LogP contribution in [0.4, 0.5) is 5.00 Å². The lowest BCUT2D eigenvalue weighted by atomic mass is 9.91. The van der Waals surface area contributed by atoms with E-state index in [4.69, 9.17) is 0 Å². The lowest BCUT2D eigenvalue weighted by Crippen LogP contribution is -2.45. The van der Waals surface area contributed by atoms with Gasteiger partial charge in [0, 0.05) is 30.1 Å². The molecule has 2 N–H and O–H groups in total. The number of hydrazone groups is 1. The molecule has 1 fully saturated rings. The van der Waals surface area contributed by atoms with E-state index in [0.29, 0.717) is 12.1 Å². The Morgan fingerprint density at radius 1 is 1.44 bits per heavy atom. The van der Waals surface area contributed by atoms with Crippen LogP contribution < -0.4 is 5.43 Å². The number of rotatable bonds is 5. The molecular formula is C19H26N4O2S2. The quantitative estimate of drug-likeness (QED) is 0.574. The number of anilines is 1. The number of hydrogen-bond donors (Lipinski definition) is 2. The van der Waals surface area contributed by atoms with Crippen molar-refractivity contribution in [2.45, 2.75) is 58.1 Å². The van der Waals surface area contributed by atoms with Crippen LogP contribution in [0, 0.1) is 0 Å². The molecule has 3 heterocycles. The minimum absolute atomic E-state index is 0.0280. The predicted molar refractivity (Wildman–Crippen MR) is 112 cm³/mol. The summed E-state index contributed by atoms with van der Waals surface area (Å²) in [5, 5.41) is 19.6. The fourth-order valence-electron chi connectivity index (χ4n) is 3.23. The van der Waals surface area contributed by atoms with Crippen LogP contribution in [0.15, 0.2) is 21.9 Å². The molecule has 146 valence electrons. The molecule has 6 nitrogen and oxygen atoms in total. The highest BCUT2D eigenvalue weighted by Gasteiger charge is 2.33. The fraction of sp³-hybridized carbons (Fsp3) is 0.526. The second-order valence-corrected chi connectivity index (χ2v) is 9.15. The normalized spacial score (nSPS) is 21.0. The van der Waals surface area contributed by atoms with Gasteiger partial charge in [-0.3, -0.25) is 10.2 Å². The molecule has 1 saturated heterocycles. The van der Waals surface area contributed by atoms with Crippen molar-refractivity contribution in [3.63, 3.8) is 0 Å². The van der Waals surface area contributed by atoms with Gasteiger partial charge in [-0.05, 0) is 52.0 Å². The Labute approximate surface area is 167 Å². The van der Waals surface area contributed by atoms with Crippen molar-refractivity contribution < 1.29 is 9.90 Å². The van der Waals surface area contributed by atoms with Crippen molar-refractivity contribution in [2.75, 3.05) is 12.0 Å². The van der Waals surface area contributed by atoms with E-state index < -0.39 is 5.60 Å². The minimum atomic E-state index is -0.933. The van der Waals surface area contributed by atoms with Crippen molar-refractivity contribution >= 4 is 39.8 Å². The summed E-state index contributed by atoms with van der Waals surface area (Å²) < 4.78 is 0. The standard InChI is InChI=1S/C19H26N4O2S2/c1-5-20-22-16-14(8-9-26-16)17(24)23-10-13(7-6-12(23)2)15-11-27-18(21-15)19(3,4)25/h5,8-9,11-13,22,25H,6-7,10H2,1-4H3/b20-5-/t12-,13?/m1/s1. The molecule has 0 spiro atoms. The van der Waals surface area contributed by atoms with Crippen molar-refractivity contribution in [1.29, 1.82) is 0 Å². The number of likely N-dealkylation sites (tertiary alicyclic amines) is 1. The maximum Gasteiger partial charge on any atom is 0.257 e. The molecule has 0 bridgehead atoms. The Hall–Kier alpha value is -1.77. The largest absolute Gasteiger partial charge is 0.383 e. The van der Waals surface area contributed by atoms with Gasteiger partial charge in [-0.25, -0.2) is 4.98 Å². The van der Waals surface area contributed by atoms with E-state index in [1.54, 1.807) is 20.1 Å². The number of carbonyl (C=O) groups excluding carboxylic acids is 1. The van der Waals surface area contributed by atoms with Crippen LogP contribution in [-0.2, 0) is 5.60 Å². The number of aliphatic hydroxyl groups is 1. The first-order valence-corrected chi connectivity index (χ1v) is 10.9. The highest BCUT2D eigenvalue weighted by molar-refractivity contribution is 7.14. The van der Waals surface area contributed by atoms with Crippen LogP contribution in [0.2, 0.25) is 0 Å². The summed E-state index contributed by atoms with van der Waals surface area (Å²) in [6, 6.07) is 2.04. The molecule has 1 amide bonds. The maximum absolute atomic E-state index is 13.2. The molecule has 1 unspecified atom stereocenters. The van der Waals surface area contributed by atoms with Gasteiger partial charge in [0.25, 0.3) is 5.91 Å². The molecule has 2 aromatic heterocycles. The molecule has 1 aliphatic rings. The Morgan fingerprint density at radius 3 is 2.89 bits per heavy atom. The van der Waals surface area contributed by atoms with E-state index in [1.807, 2.05) is 28.7 Å². The molecule has 2 atom stereocenters. The van der Waals surface area contributed by atoms with E-state index in [2.05, 4.69) is 22.4 Å². The third-order valence-corrected chi connectivity index (χ3v) is 6.79. The number of aromatic nitrogens is 1. The number of amides is 1. The highest BCUT2D eigenvalue weighted by Crippen LogP contribution is 2.35. The van der Waals surface area contributed by atoms with E-state index in [9.17, 15) is 9.90 Å². The van der Waals surface area contributed by atoms with Crippen molar-refractivity contribution in [3.05, 3.63) is 33.1 Å². The summed E-state index contributed by atoms with van der Waals surface area (Å²) in [5.41, 5.74) is 3.64. The zero-order valence-corrected chi connectivity index (χ0v) is 17.7. The minimum Gasteiger partial charge on any atom is -0.383 e. The molecule has 0 saturated carbocycles. The van der Waals surface area contributed by atoms with E-state index >= 15 is 0 Å². The second-order valence-electron chi connectivity index (χ2n) is 7.38. The van der Waals surface area contributed by atoms with Gasteiger partial charge in [-0.2, -0.15) is 5.10 Å². The van der Waals surface area contributed by atoms with Crippen LogP contribution in [0.25, 0.3) is 0 Å². The number of thiazole rings is 1. The average molecular weight is 407 g/mol. The summed E-state index contributed by atoms with van der Waals surface area (Å²) in [5.74, 6) is 0.224. The number of nitrogens with one attached hydrogen (secondary N) is 1. The Balaban J connectivity index is 1.78. The maximum atomic E-state index is 13.2. The molecule has 27 heavy (non-hydrogen) atoms. The van der Waals surface area contributed by atoms with Gasteiger partial charge in [0.2, 0.25) is 0 Å². The molecular weight excluding hydrogens is 380 g/mol. The van der Waals surface area contributed by atoms with Gasteiger partial charge >= 0.3 is 0 Å². The van der Waals surface area contributed by atoms with Crippen LogP contribution in [-0.4, -0.2) is 39.7 Å². The number of nitrogens with zero attached hydrogens (tertiary/aromatic N) is 3. The third-order valence-electron chi connectivity index (χ3n) is 4.80. The van der Waals surface area contributed by atoms with Gasteiger partial charge < -0.3 is 10.0 Å². The Kier molecular flexibility index (Phi) is 5.98. The molecule has 0 aliphatic carbocycles. The van der Waals surface area contributed by atoms with E-state index in [0.717, 1.165) is 28.5 Å². The molecule has 3 rings (SSSR count). The van der Waals surface area contributed by atoms with Gasteiger partial charge in [-0.15, -0.1) is 22.7 Å². The first kappa shape index (κ1) is 20.0. The summed E-state index contributed by atoms with van der Waals surface area (Å²) >= 11 is 2.96. The average Bonchev–Trinajstić information content (AvgIpc) is 3.29. The first-order chi connectivity index (χ1) is 12.8. The SMILES string of the molecule is C/C=N\Nc1sccc1C(=O)N1CC(c2csc(C(C)(C)O)n2)CC[C@H]1C. The summed E-state index contributed by atoms with van der Waals surface area (Å²) in [6.07, 6.45) is 3.59. The summed E-state index contributed by atoms with van der Waals surface area (Å²) in [4.78, 5) is 19.8. The zero-order valence-electron chi connectivity index (χ0n) is 16.1. The molecule has 8 heteroatoms. The van der Waals surface area contributed by atoms with Crippen LogP contribution in [0.5, 0.6) is 0 Å². The monoisotopic (exact) mass is 406 g/mol. The van der Waals surface area contributed by atoms with Crippen LogP contribution >= 0.6 is 22.7 Å². The van der Waals surface area contributed by atoms with Crippen molar-refractivity contribution in [2.24, 2.45) is 5.10 Å². The zero-order chi connectivity index (χ0) is 19.6. The fourth-order valence-corrected chi connectivity index (χ4v) is 4.88. The summed E-state index contributed by atoms with van der Waals surface area (Å²) in [7, 11) is 0. The van der Waals surface area contributed by atoms with Gasteiger partial charge in [0.05, 0.1) is 11.3 Å². The number of piperidine rings is 1. The second kappa shape index (κ2) is 8.08. The number of thiophene rings is 1. The highest BCUT2D eigenvalue weighted by atomic mass is 32.1. The van der Waals surface area contributed by atoms with E-state index in [-0.39, 0.29) is 17.9 Å². The Bertz CT molecular complexity index is 822. The lowest BCUT2D eigenvalue weighted by molar-refractivity contribution is 0.0606. The molecule has 2 aromatic rings. The van der Waals surface area contributed by atoms with Crippen molar-refractivity contribution in [1.82, 2.24) is 9.88 Å². The van der Waals surface area contributed by atoms with Gasteiger partial charge in [-0.1, -0.05) is 0 Å². The van der Waals surface area contributed by atoms with Crippen LogP contribution in [0.1, 0.15) is 67.5 Å². The number of carbonyl (C=O) groups is 1. The van der Waals surface area contributed by atoms with Crippen LogP contribution in [0.3, 0.4) is 0 Å². The Morgan fingerprint density at radius 2 is 2.22 bits per heavy atom. The smallest absolute Gasteiger partial charge is 0.257 e. The molecule has 0 radical (unpaired) electrons. The molecule has 0 aromatic carbocycles. The topological polar surface area (TPSA) is 77.8 Å². The predicted octanol–water partition coefficient (Wildman–Crippen LogP) is 4.26. The number of hydrogen-bond acceptors (Lipinski definition) is 7. The van der Waals surface area contributed by atoms with Gasteiger partial charge in [0.15, 0.2) is 0 Å². The lowest BCUT2D eigenvalue weighted by Gasteiger charge is -2.37. The third kappa shape index (κ3) is 4.39. The van der Waals surface area contributed by atoms with Gasteiger partial charge in [0.1, 0.15) is 15.6 Å².